The summed E-state index contributed by atoms with van der Waals surface area (Å²) in [5, 5.41) is 10.2. The van der Waals surface area contributed by atoms with Crippen molar-refractivity contribution in [3.05, 3.63) is 12.2 Å². The van der Waals surface area contributed by atoms with Crippen molar-refractivity contribution >= 4 is 59.0 Å². The molecule has 1 aliphatic heterocycles. The van der Waals surface area contributed by atoms with Gasteiger partial charge in [0, 0.05) is 62.6 Å². The zero-order valence-electron chi connectivity index (χ0n) is 26.6. The van der Waals surface area contributed by atoms with Gasteiger partial charge in [0.2, 0.25) is 23.6 Å². The fraction of sp³-hybridized carbons (Fsp3) is 0.667. The summed E-state index contributed by atoms with van der Waals surface area (Å²) >= 11 is 1.33. The van der Waals surface area contributed by atoms with Crippen molar-refractivity contribution in [2.24, 2.45) is 5.92 Å². The number of Topliss-reactive ketones (excluding diaryl/α,β-unsaturated/α-hetero) is 1. The number of esters is 1. The molecule has 45 heavy (non-hydrogen) atoms. The molecule has 252 valence electrons. The fourth-order valence-corrected chi connectivity index (χ4v) is 5.26. The summed E-state index contributed by atoms with van der Waals surface area (Å²) in [5.41, 5.74) is 0. The minimum Gasteiger partial charge on any atom is -0.465 e. The van der Waals surface area contributed by atoms with Crippen molar-refractivity contribution in [1.82, 2.24) is 26.2 Å². The lowest BCUT2D eigenvalue weighted by atomic mass is 10.0. The maximum absolute atomic E-state index is 13.1. The van der Waals surface area contributed by atoms with Crippen LogP contribution in [0.4, 0.5) is 0 Å². The van der Waals surface area contributed by atoms with E-state index in [1.54, 1.807) is 0 Å². The Balaban J connectivity index is 2.65. The van der Waals surface area contributed by atoms with Gasteiger partial charge in [-0.15, -0.1) is 0 Å². The van der Waals surface area contributed by atoms with Crippen LogP contribution in [0.3, 0.4) is 0 Å². The average Bonchev–Trinajstić information content (AvgIpc) is 3.30. The molecule has 0 radical (unpaired) electrons. The summed E-state index contributed by atoms with van der Waals surface area (Å²) < 4.78 is 5.34. The van der Waals surface area contributed by atoms with E-state index in [1.165, 1.54) is 18.7 Å². The standard InChI is InChI=1S/C30H47N5O9S/c1-5-8-22(36)15-21(17-44-28(41)10-7-3)18-45-19-23(34-24(37)9-6-2)30(43)33-20(4)29(42)32-16-25(38)31-13-14-35-26(39)11-12-27(35)40/h11-12,20-21,23H,5-10,13-19H2,1-4H3,(H,31,38)(H,32,42)(H,33,43)(H,34,37). The van der Waals surface area contributed by atoms with Crippen molar-refractivity contribution in [2.45, 2.75) is 84.7 Å². The van der Waals surface area contributed by atoms with E-state index in [0.29, 0.717) is 31.4 Å². The molecule has 3 unspecified atom stereocenters. The summed E-state index contributed by atoms with van der Waals surface area (Å²) in [6, 6.07) is -2.02. The molecule has 0 aromatic rings. The lowest BCUT2D eigenvalue weighted by Gasteiger charge is -2.22. The van der Waals surface area contributed by atoms with Gasteiger partial charge in [-0.05, 0) is 31.9 Å². The molecule has 0 saturated heterocycles. The first kappa shape index (κ1) is 39.3. The van der Waals surface area contributed by atoms with Crippen LogP contribution in [-0.2, 0) is 43.1 Å². The molecule has 1 aliphatic rings. The molecule has 6 amide bonds. The molecule has 0 aliphatic carbocycles. The minimum absolute atomic E-state index is 0.00571. The SMILES string of the molecule is CCCC(=O)CC(COC(=O)CCC)CSCC(NC(=O)CCC)C(=O)NC(C)C(=O)NCC(=O)NCCN1C(=O)C=CC1=O. The smallest absolute Gasteiger partial charge is 0.305 e. The summed E-state index contributed by atoms with van der Waals surface area (Å²) in [7, 11) is 0. The maximum atomic E-state index is 13.1. The van der Waals surface area contributed by atoms with Gasteiger partial charge in [-0.1, -0.05) is 20.8 Å². The second-order valence-corrected chi connectivity index (χ2v) is 11.7. The second-order valence-electron chi connectivity index (χ2n) is 10.7. The van der Waals surface area contributed by atoms with Gasteiger partial charge in [-0.3, -0.25) is 43.3 Å². The molecule has 0 saturated carbocycles. The van der Waals surface area contributed by atoms with Crippen LogP contribution in [0.5, 0.6) is 0 Å². The third-order valence-electron chi connectivity index (χ3n) is 6.48. The first-order valence-corrected chi connectivity index (χ1v) is 16.5. The van der Waals surface area contributed by atoms with Gasteiger partial charge in [0.15, 0.2) is 0 Å². The molecule has 14 nitrogen and oxygen atoms in total. The van der Waals surface area contributed by atoms with E-state index in [4.69, 9.17) is 4.74 Å². The molecule has 0 aromatic carbocycles. The molecule has 4 N–H and O–H groups in total. The molecular weight excluding hydrogens is 606 g/mol. The number of carbonyl (C=O) groups is 8. The average molecular weight is 654 g/mol. The van der Waals surface area contributed by atoms with E-state index in [-0.39, 0.29) is 68.3 Å². The lowest BCUT2D eigenvalue weighted by molar-refractivity contribution is -0.145. The number of nitrogens with one attached hydrogen (secondary N) is 4. The predicted octanol–water partition coefficient (Wildman–Crippen LogP) is 0.385. The van der Waals surface area contributed by atoms with Gasteiger partial charge in [0.1, 0.15) is 17.9 Å². The summed E-state index contributed by atoms with van der Waals surface area (Å²) in [4.78, 5) is 98.3. The van der Waals surface area contributed by atoms with Gasteiger partial charge in [0.25, 0.3) is 11.8 Å². The molecule has 3 atom stereocenters. The molecule has 0 bridgehead atoms. The van der Waals surface area contributed by atoms with Gasteiger partial charge >= 0.3 is 5.97 Å². The van der Waals surface area contributed by atoms with E-state index in [2.05, 4.69) is 21.3 Å². The van der Waals surface area contributed by atoms with Crippen LogP contribution in [-0.4, -0.2) is 102 Å². The number of imide groups is 1. The molecular formula is C30H47N5O9S. The highest BCUT2D eigenvalue weighted by Crippen LogP contribution is 2.17. The van der Waals surface area contributed by atoms with Crippen LogP contribution in [0.25, 0.3) is 0 Å². The number of hydrogen-bond acceptors (Lipinski definition) is 10. The number of ether oxygens (including phenoxy) is 1. The monoisotopic (exact) mass is 653 g/mol. The zero-order valence-corrected chi connectivity index (χ0v) is 27.4. The highest BCUT2D eigenvalue weighted by molar-refractivity contribution is 7.99. The largest absolute Gasteiger partial charge is 0.465 e. The lowest BCUT2D eigenvalue weighted by Crippen LogP contribution is -2.54. The highest BCUT2D eigenvalue weighted by atomic mass is 32.2. The van der Waals surface area contributed by atoms with Crippen molar-refractivity contribution in [3.63, 3.8) is 0 Å². The zero-order chi connectivity index (χ0) is 33.8. The van der Waals surface area contributed by atoms with Crippen LogP contribution >= 0.6 is 11.8 Å². The van der Waals surface area contributed by atoms with Crippen LogP contribution < -0.4 is 21.3 Å². The van der Waals surface area contributed by atoms with Gasteiger partial charge in [-0.2, -0.15) is 11.8 Å². The van der Waals surface area contributed by atoms with E-state index in [1.807, 2.05) is 20.8 Å². The van der Waals surface area contributed by atoms with Crippen molar-refractivity contribution in [1.29, 1.82) is 0 Å². The van der Waals surface area contributed by atoms with Crippen LogP contribution in [0, 0.1) is 5.92 Å². The molecule has 1 heterocycles. The van der Waals surface area contributed by atoms with E-state index in [9.17, 15) is 38.4 Å². The van der Waals surface area contributed by atoms with Crippen molar-refractivity contribution in [3.8, 4) is 0 Å². The summed E-state index contributed by atoms with van der Waals surface area (Å²) in [6.07, 6.45) is 5.34. The van der Waals surface area contributed by atoms with Gasteiger partial charge in [0.05, 0.1) is 13.2 Å². The first-order valence-electron chi connectivity index (χ1n) is 15.3. The van der Waals surface area contributed by atoms with E-state index < -0.39 is 48.2 Å². The second kappa shape index (κ2) is 21.9. The van der Waals surface area contributed by atoms with E-state index >= 15 is 0 Å². The number of amides is 6. The van der Waals surface area contributed by atoms with Gasteiger partial charge < -0.3 is 26.0 Å². The number of carbonyl (C=O) groups excluding carboxylic acids is 8. The Bertz CT molecular complexity index is 1080. The number of nitrogens with zero attached hydrogens (tertiary/aromatic N) is 1. The number of thioether (sulfide) groups is 1. The number of hydrogen-bond donors (Lipinski definition) is 4. The Hall–Kier alpha value is -3.75. The summed E-state index contributed by atoms with van der Waals surface area (Å²) in [5.74, 6) is -3.03. The number of rotatable bonds is 23. The normalized spacial score (nSPS) is 14.4. The Kier molecular flexibility index (Phi) is 19.1. The Morgan fingerprint density at radius 2 is 1.47 bits per heavy atom. The predicted molar refractivity (Wildman–Crippen MR) is 168 cm³/mol. The highest BCUT2D eigenvalue weighted by Gasteiger charge is 2.26. The Labute approximate surface area is 268 Å². The topological polar surface area (TPSA) is 197 Å². The van der Waals surface area contributed by atoms with Crippen molar-refractivity contribution < 1.29 is 43.1 Å². The first-order chi connectivity index (χ1) is 21.4. The minimum atomic E-state index is -1.04. The van der Waals surface area contributed by atoms with Crippen LogP contribution in [0.2, 0.25) is 0 Å². The Morgan fingerprint density at radius 3 is 2.09 bits per heavy atom. The van der Waals surface area contributed by atoms with Gasteiger partial charge in [-0.25, -0.2) is 0 Å². The van der Waals surface area contributed by atoms with Crippen molar-refractivity contribution in [2.75, 3.05) is 37.7 Å². The third-order valence-corrected chi connectivity index (χ3v) is 7.76. The van der Waals surface area contributed by atoms with Crippen LogP contribution in [0.1, 0.15) is 72.6 Å². The molecule has 0 fully saturated rings. The maximum Gasteiger partial charge on any atom is 0.305 e. The number of ketones is 1. The molecule has 1 rings (SSSR count). The summed E-state index contributed by atoms with van der Waals surface area (Å²) in [6.45, 7) is 6.70. The molecule has 15 heteroatoms. The third kappa shape index (κ3) is 16.2. The molecule has 0 spiro atoms. The fourth-order valence-electron chi connectivity index (χ4n) is 4.11. The molecule has 0 aromatic heterocycles. The quantitative estimate of drug-likeness (QED) is 0.0884. The Morgan fingerprint density at radius 1 is 0.822 bits per heavy atom. The van der Waals surface area contributed by atoms with E-state index in [0.717, 1.165) is 17.1 Å². The van der Waals surface area contributed by atoms with Crippen LogP contribution in [0.15, 0.2) is 12.2 Å².